The summed E-state index contributed by atoms with van der Waals surface area (Å²) in [6, 6.07) is 8.02. The van der Waals surface area contributed by atoms with Crippen LogP contribution in [-0.4, -0.2) is 10.2 Å². The molecule has 0 unspecified atom stereocenters. The van der Waals surface area contributed by atoms with Gasteiger partial charge in [0.25, 0.3) is 0 Å². The largest absolute Gasteiger partial charge is 0.472 e. The van der Waals surface area contributed by atoms with Crippen LogP contribution in [0, 0.1) is 19.7 Å². The maximum absolute atomic E-state index is 12.7. The summed E-state index contributed by atoms with van der Waals surface area (Å²) in [7, 11) is 0. The van der Waals surface area contributed by atoms with Gasteiger partial charge in [0.05, 0.1) is 5.69 Å². The van der Waals surface area contributed by atoms with Crippen molar-refractivity contribution in [3.05, 3.63) is 53.0 Å². The molecule has 0 spiro atoms. The monoisotopic (exact) mass is 232 g/mol. The van der Waals surface area contributed by atoms with E-state index in [1.54, 1.807) is 12.1 Å². The zero-order valence-electron chi connectivity index (χ0n) is 9.77. The number of aryl methyl sites for hydroxylation is 2. The molecule has 2 rings (SSSR count). The van der Waals surface area contributed by atoms with Crippen molar-refractivity contribution in [2.45, 2.75) is 20.5 Å². The van der Waals surface area contributed by atoms with Crippen molar-refractivity contribution in [3.63, 3.8) is 0 Å². The van der Waals surface area contributed by atoms with Gasteiger partial charge in [-0.3, -0.25) is 0 Å². The van der Waals surface area contributed by atoms with Gasteiger partial charge in [0.2, 0.25) is 5.88 Å². The molecule has 17 heavy (non-hydrogen) atoms. The second-order valence-corrected chi connectivity index (χ2v) is 3.87. The average molecular weight is 232 g/mol. The summed E-state index contributed by atoms with van der Waals surface area (Å²) in [5.74, 6) is 0.233. The van der Waals surface area contributed by atoms with E-state index in [2.05, 4.69) is 10.2 Å². The molecular formula is C13H13FN2O. The Labute approximate surface area is 99.3 Å². The van der Waals surface area contributed by atoms with Gasteiger partial charge >= 0.3 is 0 Å². The van der Waals surface area contributed by atoms with Crippen LogP contribution in [0.4, 0.5) is 4.39 Å². The highest BCUT2D eigenvalue weighted by molar-refractivity contribution is 5.22. The number of ether oxygens (including phenoxy) is 1. The van der Waals surface area contributed by atoms with E-state index < -0.39 is 0 Å². The number of rotatable bonds is 3. The number of nitrogens with zero attached hydrogens (tertiary/aromatic N) is 2. The van der Waals surface area contributed by atoms with Gasteiger partial charge in [0.15, 0.2) is 0 Å². The molecule has 1 heterocycles. The third kappa shape index (κ3) is 3.00. The molecule has 0 aliphatic heterocycles. The van der Waals surface area contributed by atoms with Crippen LogP contribution in [0.2, 0.25) is 0 Å². The first-order valence-corrected chi connectivity index (χ1v) is 5.33. The lowest BCUT2D eigenvalue weighted by Crippen LogP contribution is -2.00. The Morgan fingerprint density at radius 3 is 2.47 bits per heavy atom. The number of aromatic nitrogens is 2. The van der Waals surface area contributed by atoms with Crippen molar-refractivity contribution in [1.82, 2.24) is 10.2 Å². The quantitative estimate of drug-likeness (QED) is 0.816. The number of benzene rings is 1. The summed E-state index contributed by atoms with van der Waals surface area (Å²) < 4.78 is 18.2. The average Bonchev–Trinajstić information content (AvgIpc) is 2.33. The zero-order chi connectivity index (χ0) is 12.3. The fraction of sp³-hybridized carbons (Fsp3) is 0.231. The van der Waals surface area contributed by atoms with Crippen molar-refractivity contribution in [1.29, 1.82) is 0 Å². The van der Waals surface area contributed by atoms with Crippen molar-refractivity contribution >= 4 is 0 Å². The first-order chi connectivity index (χ1) is 8.15. The highest BCUT2D eigenvalue weighted by atomic mass is 19.1. The Morgan fingerprint density at radius 1 is 1.12 bits per heavy atom. The molecule has 0 fully saturated rings. The first kappa shape index (κ1) is 11.5. The van der Waals surface area contributed by atoms with Gasteiger partial charge in [-0.2, -0.15) is 5.10 Å². The van der Waals surface area contributed by atoms with Crippen molar-refractivity contribution in [2.75, 3.05) is 0 Å². The third-order valence-corrected chi connectivity index (χ3v) is 2.51. The Morgan fingerprint density at radius 2 is 1.82 bits per heavy atom. The van der Waals surface area contributed by atoms with E-state index in [4.69, 9.17) is 4.74 Å². The van der Waals surface area contributed by atoms with Crippen LogP contribution >= 0.6 is 0 Å². The van der Waals surface area contributed by atoms with Gasteiger partial charge < -0.3 is 4.74 Å². The zero-order valence-corrected chi connectivity index (χ0v) is 9.77. The predicted octanol–water partition coefficient (Wildman–Crippen LogP) is 2.81. The Bertz CT molecular complexity index is 511. The second-order valence-electron chi connectivity index (χ2n) is 3.87. The predicted molar refractivity (Wildman–Crippen MR) is 62.2 cm³/mol. The van der Waals surface area contributed by atoms with Gasteiger partial charge in [-0.1, -0.05) is 12.1 Å². The Kier molecular flexibility index (Phi) is 3.32. The van der Waals surface area contributed by atoms with Crippen LogP contribution in [-0.2, 0) is 6.61 Å². The minimum absolute atomic E-state index is 0.250. The van der Waals surface area contributed by atoms with Gasteiger partial charge in [-0.05, 0) is 37.1 Å². The highest BCUT2D eigenvalue weighted by Crippen LogP contribution is 2.12. The van der Waals surface area contributed by atoms with E-state index in [0.717, 1.165) is 16.8 Å². The summed E-state index contributed by atoms with van der Waals surface area (Å²) in [6.45, 7) is 4.21. The molecule has 0 saturated heterocycles. The molecule has 3 nitrogen and oxygen atoms in total. The standard InChI is InChI=1S/C13H13FN2O/c1-9-7-13(16-15-10(9)2)17-8-11-3-5-12(14)6-4-11/h3-7H,8H2,1-2H3. The van der Waals surface area contributed by atoms with Crippen LogP contribution in [0.5, 0.6) is 5.88 Å². The van der Waals surface area contributed by atoms with Gasteiger partial charge in [-0.15, -0.1) is 5.10 Å². The van der Waals surface area contributed by atoms with Gasteiger partial charge in [0, 0.05) is 6.07 Å². The van der Waals surface area contributed by atoms with E-state index in [1.807, 2.05) is 19.9 Å². The molecule has 4 heteroatoms. The topological polar surface area (TPSA) is 35.0 Å². The van der Waals surface area contributed by atoms with E-state index in [-0.39, 0.29) is 5.82 Å². The molecule has 1 aromatic heterocycles. The third-order valence-electron chi connectivity index (χ3n) is 2.51. The molecule has 0 bridgehead atoms. The van der Waals surface area contributed by atoms with Crippen molar-refractivity contribution < 1.29 is 9.13 Å². The molecule has 0 aliphatic carbocycles. The molecule has 0 amide bonds. The first-order valence-electron chi connectivity index (χ1n) is 5.33. The van der Waals surface area contributed by atoms with Crippen molar-refractivity contribution in [2.24, 2.45) is 0 Å². The molecule has 0 aliphatic rings. The maximum atomic E-state index is 12.7. The van der Waals surface area contributed by atoms with Crippen LogP contribution in [0.15, 0.2) is 30.3 Å². The highest BCUT2D eigenvalue weighted by Gasteiger charge is 2.01. The van der Waals surface area contributed by atoms with Crippen LogP contribution in [0.25, 0.3) is 0 Å². The van der Waals surface area contributed by atoms with Gasteiger partial charge in [-0.25, -0.2) is 4.39 Å². The van der Waals surface area contributed by atoms with E-state index in [9.17, 15) is 4.39 Å². The summed E-state index contributed by atoms with van der Waals surface area (Å²) in [4.78, 5) is 0. The van der Waals surface area contributed by atoms with E-state index in [1.165, 1.54) is 12.1 Å². The number of hydrogen-bond donors (Lipinski definition) is 0. The molecular weight excluding hydrogens is 219 g/mol. The molecule has 0 atom stereocenters. The fourth-order valence-electron chi connectivity index (χ4n) is 1.33. The smallest absolute Gasteiger partial charge is 0.233 e. The van der Waals surface area contributed by atoms with Gasteiger partial charge in [0.1, 0.15) is 12.4 Å². The number of hydrogen-bond acceptors (Lipinski definition) is 3. The van der Waals surface area contributed by atoms with Crippen LogP contribution < -0.4 is 4.74 Å². The SMILES string of the molecule is Cc1cc(OCc2ccc(F)cc2)nnc1C. The lowest BCUT2D eigenvalue weighted by Gasteiger charge is -2.06. The minimum atomic E-state index is -0.250. The molecule has 88 valence electrons. The fourth-order valence-corrected chi connectivity index (χ4v) is 1.33. The number of halogens is 1. The lowest BCUT2D eigenvalue weighted by molar-refractivity contribution is 0.289. The van der Waals surface area contributed by atoms with Crippen LogP contribution in [0.1, 0.15) is 16.8 Å². The van der Waals surface area contributed by atoms with E-state index in [0.29, 0.717) is 12.5 Å². The Hall–Kier alpha value is -1.97. The molecule has 0 radical (unpaired) electrons. The van der Waals surface area contributed by atoms with E-state index >= 15 is 0 Å². The summed E-state index contributed by atoms with van der Waals surface area (Å²) >= 11 is 0. The molecule has 0 saturated carbocycles. The lowest BCUT2D eigenvalue weighted by atomic mass is 10.2. The minimum Gasteiger partial charge on any atom is -0.472 e. The molecule has 2 aromatic rings. The summed E-state index contributed by atoms with van der Waals surface area (Å²) in [5.41, 5.74) is 2.82. The molecule has 1 aromatic carbocycles. The molecule has 0 N–H and O–H groups in total. The second kappa shape index (κ2) is 4.91. The summed E-state index contributed by atoms with van der Waals surface area (Å²) in [6.07, 6.45) is 0. The van der Waals surface area contributed by atoms with Crippen LogP contribution in [0.3, 0.4) is 0 Å². The summed E-state index contributed by atoms with van der Waals surface area (Å²) in [5, 5.41) is 7.90. The normalized spacial score (nSPS) is 10.3. The Balaban J connectivity index is 2.02. The maximum Gasteiger partial charge on any atom is 0.233 e. The van der Waals surface area contributed by atoms with Crippen molar-refractivity contribution in [3.8, 4) is 5.88 Å².